The van der Waals surface area contributed by atoms with Crippen LogP contribution in [0.15, 0.2) is 53.7 Å². The van der Waals surface area contributed by atoms with Crippen molar-refractivity contribution in [2.75, 3.05) is 11.1 Å². The van der Waals surface area contributed by atoms with E-state index in [9.17, 15) is 4.79 Å². The third-order valence-corrected chi connectivity index (χ3v) is 6.08. The summed E-state index contributed by atoms with van der Waals surface area (Å²) in [5.74, 6) is 1.68. The van der Waals surface area contributed by atoms with Crippen molar-refractivity contribution in [1.29, 1.82) is 0 Å². The lowest BCUT2D eigenvalue weighted by molar-refractivity contribution is -0.113. The minimum atomic E-state index is -0.255. The predicted octanol–water partition coefficient (Wildman–Crippen LogP) is 4.85. The van der Waals surface area contributed by atoms with Gasteiger partial charge in [0, 0.05) is 16.3 Å². The molecule has 0 radical (unpaired) electrons. The Labute approximate surface area is 188 Å². The lowest BCUT2D eigenvalue weighted by Gasteiger charge is -2.14. The van der Waals surface area contributed by atoms with Crippen LogP contribution in [0.2, 0.25) is 0 Å². The van der Waals surface area contributed by atoms with Crippen LogP contribution in [0, 0.1) is 3.57 Å². The van der Waals surface area contributed by atoms with E-state index in [-0.39, 0.29) is 17.8 Å². The Kier molecular flexibility index (Phi) is 7.54. The molecule has 2 aromatic carbocycles. The summed E-state index contributed by atoms with van der Waals surface area (Å²) in [5.41, 5.74) is 2.05. The van der Waals surface area contributed by atoms with Crippen LogP contribution in [-0.2, 0) is 18.3 Å². The Morgan fingerprint density at radius 2 is 1.86 bits per heavy atom. The number of anilines is 1. The summed E-state index contributed by atoms with van der Waals surface area (Å²) in [6, 6.07) is 15.7. The fourth-order valence-corrected chi connectivity index (χ4v) is 3.80. The first-order valence-electron chi connectivity index (χ1n) is 9.29. The van der Waals surface area contributed by atoms with Crippen LogP contribution in [0.5, 0.6) is 5.75 Å². The number of benzene rings is 2. The zero-order chi connectivity index (χ0) is 20.8. The van der Waals surface area contributed by atoms with Crippen LogP contribution >= 0.6 is 34.4 Å². The molecule has 3 aromatic rings. The average molecular weight is 522 g/mol. The minimum Gasteiger partial charge on any atom is -0.483 e. The molecule has 29 heavy (non-hydrogen) atoms. The topological polar surface area (TPSA) is 69.0 Å². The molecule has 0 fully saturated rings. The molecule has 1 N–H and O–H groups in total. The molecule has 0 unspecified atom stereocenters. The molecular formula is C21H23IN4O2S. The SMILES string of the molecule is CCc1ccc(O[C@H](C)c2nnc(SCC(=O)Nc3ccc(I)cc3)n2C)cc1. The number of thioether (sulfide) groups is 1. The molecule has 0 aliphatic heterocycles. The number of carbonyl (C=O) groups is 1. The molecule has 1 atom stereocenters. The monoisotopic (exact) mass is 522 g/mol. The molecule has 0 saturated heterocycles. The van der Waals surface area contributed by atoms with Gasteiger partial charge in [-0.3, -0.25) is 4.79 Å². The smallest absolute Gasteiger partial charge is 0.234 e. The van der Waals surface area contributed by atoms with E-state index in [4.69, 9.17) is 4.74 Å². The summed E-state index contributed by atoms with van der Waals surface area (Å²) in [5, 5.41) is 12.0. The molecule has 152 valence electrons. The standard InChI is InChI=1S/C21H23IN4O2S/c1-4-15-5-11-18(12-6-15)28-14(2)20-24-25-21(26(20)3)29-13-19(27)23-17-9-7-16(22)8-10-17/h5-12,14H,4,13H2,1-3H3,(H,23,27)/t14-/m1/s1. The van der Waals surface area contributed by atoms with E-state index in [1.807, 2.05) is 54.9 Å². The normalized spacial score (nSPS) is 11.9. The minimum absolute atomic E-state index is 0.0823. The van der Waals surface area contributed by atoms with Gasteiger partial charge in [-0.25, -0.2) is 0 Å². The van der Waals surface area contributed by atoms with Gasteiger partial charge >= 0.3 is 0 Å². The van der Waals surface area contributed by atoms with Gasteiger partial charge in [0.1, 0.15) is 5.75 Å². The number of carbonyl (C=O) groups excluding carboxylic acids is 1. The number of amides is 1. The fourth-order valence-electron chi connectivity index (χ4n) is 2.73. The van der Waals surface area contributed by atoms with Gasteiger partial charge in [0.25, 0.3) is 0 Å². The highest BCUT2D eigenvalue weighted by Gasteiger charge is 2.18. The Hall–Kier alpha value is -2.07. The van der Waals surface area contributed by atoms with E-state index in [2.05, 4.69) is 57.2 Å². The molecule has 1 aromatic heterocycles. The summed E-state index contributed by atoms with van der Waals surface area (Å²) >= 11 is 3.58. The molecule has 1 heterocycles. The summed E-state index contributed by atoms with van der Waals surface area (Å²) in [6.45, 7) is 4.06. The Balaban J connectivity index is 1.56. The van der Waals surface area contributed by atoms with Crippen molar-refractivity contribution in [3.05, 3.63) is 63.5 Å². The Morgan fingerprint density at radius 1 is 1.17 bits per heavy atom. The van der Waals surface area contributed by atoms with Crippen molar-refractivity contribution in [3.8, 4) is 5.75 Å². The van der Waals surface area contributed by atoms with Crippen molar-refractivity contribution in [3.63, 3.8) is 0 Å². The molecule has 0 saturated carbocycles. The van der Waals surface area contributed by atoms with Gasteiger partial charge in [-0.15, -0.1) is 10.2 Å². The van der Waals surface area contributed by atoms with E-state index in [0.29, 0.717) is 11.0 Å². The first kappa shape index (κ1) is 21.6. The van der Waals surface area contributed by atoms with Gasteiger partial charge in [-0.05, 0) is 77.9 Å². The molecule has 0 aliphatic rings. The van der Waals surface area contributed by atoms with Gasteiger partial charge in [-0.2, -0.15) is 0 Å². The third-order valence-electron chi connectivity index (χ3n) is 4.34. The lowest BCUT2D eigenvalue weighted by Crippen LogP contribution is -2.14. The van der Waals surface area contributed by atoms with E-state index in [0.717, 1.165) is 21.4 Å². The van der Waals surface area contributed by atoms with Crippen molar-refractivity contribution < 1.29 is 9.53 Å². The number of hydrogen-bond donors (Lipinski definition) is 1. The van der Waals surface area contributed by atoms with Crippen LogP contribution in [-0.4, -0.2) is 26.4 Å². The third kappa shape index (κ3) is 5.96. The molecule has 0 bridgehead atoms. The second kappa shape index (κ2) is 10.1. The van der Waals surface area contributed by atoms with Gasteiger partial charge in [0.15, 0.2) is 17.1 Å². The summed E-state index contributed by atoms with van der Waals surface area (Å²) in [4.78, 5) is 12.2. The number of ether oxygens (including phenoxy) is 1. The largest absolute Gasteiger partial charge is 0.483 e. The molecule has 0 aliphatic carbocycles. The highest BCUT2D eigenvalue weighted by molar-refractivity contribution is 14.1. The number of aryl methyl sites for hydroxylation is 1. The predicted molar refractivity (Wildman–Crippen MR) is 124 cm³/mol. The molecule has 6 nitrogen and oxygen atoms in total. The summed E-state index contributed by atoms with van der Waals surface area (Å²) in [6.07, 6.45) is 0.742. The summed E-state index contributed by atoms with van der Waals surface area (Å²) < 4.78 is 8.99. The van der Waals surface area contributed by atoms with Crippen LogP contribution < -0.4 is 10.1 Å². The number of aromatic nitrogens is 3. The van der Waals surface area contributed by atoms with Crippen molar-refractivity contribution >= 4 is 45.9 Å². The number of nitrogens with zero attached hydrogens (tertiary/aromatic N) is 3. The van der Waals surface area contributed by atoms with Crippen molar-refractivity contribution in [2.24, 2.45) is 7.05 Å². The van der Waals surface area contributed by atoms with Gasteiger partial charge in [0.05, 0.1) is 5.75 Å². The highest BCUT2D eigenvalue weighted by atomic mass is 127. The second-order valence-electron chi connectivity index (χ2n) is 6.50. The number of halogens is 1. The van der Waals surface area contributed by atoms with Crippen molar-refractivity contribution in [2.45, 2.75) is 31.5 Å². The van der Waals surface area contributed by atoms with E-state index in [1.165, 1.54) is 17.3 Å². The quantitative estimate of drug-likeness (QED) is 0.338. The zero-order valence-electron chi connectivity index (χ0n) is 16.6. The van der Waals surface area contributed by atoms with Gasteiger partial charge in [0.2, 0.25) is 5.91 Å². The fraction of sp³-hybridized carbons (Fsp3) is 0.286. The average Bonchev–Trinajstić information content (AvgIpc) is 3.09. The van der Waals surface area contributed by atoms with Gasteiger partial charge < -0.3 is 14.6 Å². The Morgan fingerprint density at radius 3 is 2.52 bits per heavy atom. The van der Waals surface area contributed by atoms with E-state index in [1.54, 1.807) is 0 Å². The first-order valence-corrected chi connectivity index (χ1v) is 11.4. The van der Waals surface area contributed by atoms with Crippen LogP contribution in [0.1, 0.15) is 31.3 Å². The second-order valence-corrected chi connectivity index (χ2v) is 8.69. The maximum absolute atomic E-state index is 12.2. The number of nitrogens with one attached hydrogen (secondary N) is 1. The molecule has 1 amide bonds. The number of rotatable bonds is 8. The van der Waals surface area contributed by atoms with Crippen LogP contribution in [0.4, 0.5) is 5.69 Å². The van der Waals surface area contributed by atoms with E-state index >= 15 is 0 Å². The van der Waals surface area contributed by atoms with E-state index < -0.39 is 0 Å². The Bertz CT molecular complexity index is 958. The lowest BCUT2D eigenvalue weighted by atomic mass is 10.2. The molecule has 0 spiro atoms. The maximum atomic E-state index is 12.2. The molecule has 8 heteroatoms. The highest BCUT2D eigenvalue weighted by Crippen LogP contribution is 2.24. The van der Waals surface area contributed by atoms with Gasteiger partial charge in [-0.1, -0.05) is 30.8 Å². The van der Waals surface area contributed by atoms with Crippen LogP contribution in [0.25, 0.3) is 0 Å². The summed E-state index contributed by atoms with van der Waals surface area (Å²) in [7, 11) is 1.88. The molecular weight excluding hydrogens is 499 g/mol. The zero-order valence-corrected chi connectivity index (χ0v) is 19.5. The van der Waals surface area contributed by atoms with Crippen molar-refractivity contribution in [1.82, 2.24) is 14.8 Å². The molecule has 3 rings (SSSR count). The maximum Gasteiger partial charge on any atom is 0.234 e. The number of hydrogen-bond acceptors (Lipinski definition) is 5. The first-order chi connectivity index (χ1) is 14.0. The van der Waals surface area contributed by atoms with Crippen LogP contribution in [0.3, 0.4) is 0 Å².